The number of fused-ring (bicyclic) bond motifs is 1. The number of rotatable bonds is 1. The van der Waals surface area contributed by atoms with E-state index in [2.05, 4.69) is 0 Å². The van der Waals surface area contributed by atoms with E-state index in [1.807, 2.05) is 0 Å². The molecule has 2 nitrogen and oxygen atoms in total. The van der Waals surface area contributed by atoms with Gasteiger partial charge in [0.1, 0.15) is 0 Å². The number of hydrogen-bond acceptors (Lipinski definition) is 3. The smallest absolute Gasteiger partial charge is 0.423 e. The molecule has 1 aromatic carbocycles. The summed E-state index contributed by atoms with van der Waals surface area (Å²) in [5.41, 5.74) is -0.433. The average molecular weight is 214 g/mol. The van der Waals surface area contributed by atoms with Gasteiger partial charge in [0.2, 0.25) is 0 Å². The molecule has 1 aromatic heterocycles. The van der Waals surface area contributed by atoms with Crippen LogP contribution in [0.25, 0.3) is 10.1 Å². The molecule has 0 saturated heterocycles. The maximum absolute atomic E-state index is 13.3. The van der Waals surface area contributed by atoms with Crippen LogP contribution in [0.15, 0.2) is 17.5 Å². The average Bonchev–Trinajstić information content (AvgIpc) is 2.58. The van der Waals surface area contributed by atoms with E-state index in [-0.39, 0.29) is 5.39 Å². The lowest BCUT2D eigenvalue weighted by molar-refractivity contribution is 0.420. The van der Waals surface area contributed by atoms with Crippen molar-refractivity contribution in [1.29, 1.82) is 0 Å². The van der Waals surface area contributed by atoms with E-state index in [4.69, 9.17) is 10.0 Å². The SMILES string of the molecule is OB(O)c1cc2sccc2c(F)c1F. The normalized spacial score (nSPS) is 10.9. The van der Waals surface area contributed by atoms with E-state index in [0.717, 1.165) is 0 Å². The monoisotopic (exact) mass is 214 g/mol. The maximum Gasteiger partial charge on any atom is 0.491 e. The summed E-state index contributed by atoms with van der Waals surface area (Å²) in [4.78, 5) is 0. The van der Waals surface area contributed by atoms with Crippen molar-refractivity contribution in [3.63, 3.8) is 0 Å². The zero-order valence-electron chi connectivity index (χ0n) is 6.87. The Morgan fingerprint density at radius 1 is 1.21 bits per heavy atom. The molecule has 0 fully saturated rings. The van der Waals surface area contributed by atoms with Crippen molar-refractivity contribution < 1.29 is 18.8 Å². The van der Waals surface area contributed by atoms with E-state index >= 15 is 0 Å². The van der Waals surface area contributed by atoms with Gasteiger partial charge in [0.05, 0.1) is 0 Å². The highest BCUT2D eigenvalue weighted by atomic mass is 32.1. The third-order valence-electron chi connectivity index (χ3n) is 1.94. The van der Waals surface area contributed by atoms with Crippen LogP contribution in [0.5, 0.6) is 0 Å². The third-order valence-corrected chi connectivity index (χ3v) is 2.81. The first-order chi connectivity index (χ1) is 6.61. The van der Waals surface area contributed by atoms with Gasteiger partial charge in [-0.15, -0.1) is 11.3 Å². The number of thiophene rings is 1. The van der Waals surface area contributed by atoms with Gasteiger partial charge in [0, 0.05) is 15.5 Å². The quantitative estimate of drug-likeness (QED) is 0.691. The second-order valence-corrected chi connectivity index (χ2v) is 3.75. The van der Waals surface area contributed by atoms with Gasteiger partial charge in [0.15, 0.2) is 11.6 Å². The minimum absolute atomic E-state index is 0.164. The molecule has 14 heavy (non-hydrogen) atoms. The Morgan fingerprint density at radius 2 is 1.93 bits per heavy atom. The summed E-state index contributed by atoms with van der Waals surface area (Å²) < 4.78 is 26.9. The van der Waals surface area contributed by atoms with Gasteiger partial charge in [-0.3, -0.25) is 0 Å². The molecule has 0 aliphatic rings. The van der Waals surface area contributed by atoms with Crippen LogP contribution in [-0.2, 0) is 0 Å². The van der Waals surface area contributed by atoms with Gasteiger partial charge in [-0.1, -0.05) is 0 Å². The second kappa shape index (κ2) is 3.31. The zero-order valence-corrected chi connectivity index (χ0v) is 7.68. The van der Waals surface area contributed by atoms with Crippen LogP contribution in [0.3, 0.4) is 0 Å². The van der Waals surface area contributed by atoms with Crippen molar-refractivity contribution >= 4 is 34.0 Å². The van der Waals surface area contributed by atoms with Crippen LogP contribution in [-0.4, -0.2) is 17.2 Å². The van der Waals surface area contributed by atoms with E-state index in [1.54, 1.807) is 5.38 Å². The van der Waals surface area contributed by atoms with Gasteiger partial charge in [0.25, 0.3) is 0 Å². The van der Waals surface area contributed by atoms with Gasteiger partial charge in [-0.25, -0.2) is 8.78 Å². The van der Waals surface area contributed by atoms with Crippen LogP contribution in [0.2, 0.25) is 0 Å². The highest BCUT2D eigenvalue weighted by Crippen LogP contribution is 2.24. The standard InChI is InChI=1S/C8H5BF2O2S/c10-7-4-1-2-14-6(4)3-5(8(7)11)9(12)13/h1-3,12-13H. The van der Waals surface area contributed by atoms with Crippen molar-refractivity contribution in [1.82, 2.24) is 0 Å². The van der Waals surface area contributed by atoms with Crippen LogP contribution in [0.4, 0.5) is 8.78 Å². The van der Waals surface area contributed by atoms with Crippen molar-refractivity contribution in [2.75, 3.05) is 0 Å². The Kier molecular flexibility index (Phi) is 2.26. The first kappa shape index (κ1) is 9.58. The predicted molar refractivity (Wildman–Crippen MR) is 51.6 cm³/mol. The molecule has 6 heteroatoms. The molecule has 72 valence electrons. The first-order valence-corrected chi connectivity index (χ1v) is 4.70. The minimum atomic E-state index is -1.99. The van der Waals surface area contributed by atoms with E-state index in [1.165, 1.54) is 23.5 Å². The summed E-state index contributed by atoms with van der Waals surface area (Å²) in [6.45, 7) is 0. The Balaban J connectivity index is 2.80. The molecule has 0 atom stereocenters. The fourth-order valence-electron chi connectivity index (χ4n) is 1.25. The molecule has 0 spiro atoms. The lowest BCUT2D eigenvalue weighted by Gasteiger charge is -2.03. The number of halogens is 2. The minimum Gasteiger partial charge on any atom is -0.423 e. The Hall–Kier alpha value is -0.975. The molecular formula is C8H5BF2O2S. The van der Waals surface area contributed by atoms with Crippen LogP contribution >= 0.6 is 11.3 Å². The molecule has 2 aromatic rings. The molecule has 0 amide bonds. The van der Waals surface area contributed by atoms with Crippen LogP contribution in [0, 0.1) is 11.6 Å². The highest BCUT2D eigenvalue weighted by molar-refractivity contribution is 7.17. The Labute approximate surface area is 82.6 Å². The summed E-state index contributed by atoms with van der Waals surface area (Å²) >= 11 is 1.21. The summed E-state index contributed by atoms with van der Waals surface area (Å²) in [5, 5.41) is 19.3. The van der Waals surface area contributed by atoms with Crippen LogP contribution in [0.1, 0.15) is 0 Å². The number of hydrogen-bond donors (Lipinski definition) is 2. The van der Waals surface area contributed by atoms with Crippen molar-refractivity contribution in [3.8, 4) is 0 Å². The van der Waals surface area contributed by atoms with Gasteiger partial charge < -0.3 is 10.0 Å². The Morgan fingerprint density at radius 3 is 2.57 bits per heavy atom. The molecule has 0 bridgehead atoms. The van der Waals surface area contributed by atoms with Gasteiger partial charge in [-0.2, -0.15) is 0 Å². The third kappa shape index (κ3) is 1.32. The second-order valence-electron chi connectivity index (χ2n) is 2.80. The first-order valence-electron chi connectivity index (χ1n) is 3.82. The maximum atomic E-state index is 13.3. The molecule has 0 radical (unpaired) electrons. The molecule has 0 saturated carbocycles. The molecule has 2 rings (SSSR count). The van der Waals surface area contributed by atoms with Gasteiger partial charge in [-0.05, 0) is 17.5 Å². The highest BCUT2D eigenvalue weighted by Gasteiger charge is 2.22. The van der Waals surface area contributed by atoms with E-state index in [9.17, 15) is 8.78 Å². The molecule has 0 unspecified atom stereocenters. The molecule has 0 aliphatic carbocycles. The summed E-state index contributed by atoms with van der Waals surface area (Å²) in [7, 11) is -1.99. The van der Waals surface area contributed by atoms with E-state index in [0.29, 0.717) is 4.70 Å². The predicted octanol–water partition coefficient (Wildman–Crippen LogP) is 0.859. The fraction of sp³-hybridized carbons (Fsp3) is 0. The largest absolute Gasteiger partial charge is 0.491 e. The van der Waals surface area contributed by atoms with Gasteiger partial charge >= 0.3 is 7.12 Å². The van der Waals surface area contributed by atoms with Crippen LogP contribution < -0.4 is 5.46 Å². The zero-order chi connectivity index (χ0) is 10.3. The summed E-state index contributed by atoms with van der Waals surface area (Å²) in [5.74, 6) is -2.24. The fourth-order valence-corrected chi connectivity index (χ4v) is 2.08. The summed E-state index contributed by atoms with van der Waals surface area (Å²) in [6.07, 6.45) is 0. The lowest BCUT2D eigenvalue weighted by Crippen LogP contribution is -2.33. The topological polar surface area (TPSA) is 40.5 Å². The molecule has 0 aliphatic heterocycles. The molecule has 1 heterocycles. The van der Waals surface area contributed by atoms with Crippen molar-refractivity contribution in [2.45, 2.75) is 0 Å². The lowest BCUT2D eigenvalue weighted by atomic mass is 9.79. The molecular weight excluding hydrogens is 209 g/mol. The Bertz CT molecular complexity index is 483. The van der Waals surface area contributed by atoms with E-state index < -0.39 is 24.2 Å². The summed E-state index contributed by atoms with van der Waals surface area (Å²) in [6, 6.07) is 2.69. The van der Waals surface area contributed by atoms with Crippen molar-refractivity contribution in [2.24, 2.45) is 0 Å². The number of benzene rings is 1. The van der Waals surface area contributed by atoms with Crippen molar-refractivity contribution in [3.05, 3.63) is 29.1 Å². The molecule has 2 N–H and O–H groups in total.